The number of para-hydroxylation sites is 1. The van der Waals surface area contributed by atoms with E-state index in [9.17, 15) is 10.1 Å². The van der Waals surface area contributed by atoms with Crippen molar-refractivity contribution in [2.24, 2.45) is 5.10 Å². The third kappa shape index (κ3) is 3.74. The molecular formula is C23H17N7O2. The second-order valence-electron chi connectivity index (χ2n) is 7.12. The van der Waals surface area contributed by atoms with Crippen LogP contribution in [0.25, 0.3) is 22.1 Å². The molecule has 32 heavy (non-hydrogen) atoms. The predicted octanol–water partition coefficient (Wildman–Crippen LogP) is 4.38. The lowest BCUT2D eigenvalue weighted by Gasteiger charge is -2.07. The van der Waals surface area contributed by atoms with Crippen molar-refractivity contribution >= 4 is 39.9 Å². The first-order valence-electron chi connectivity index (χ1n) is 9.88. The van der Waals surface area contributed by atoms with E-state index in [1.54, 1.807) is 12.1 Å². The van der Waals surface area contributed by atoms with E-state index >= 15 is 0 Å². The minimum Gasteiger partial charge on any atom is -0.319 e. The molecule has 3 aromatic carbocycles. The fourth-order valence-electron chi connectivity index (χ4n) is 3.56. The van der Waals surface area contributed by atoms with Gasteiger partial charge in [0.1, 0.15) is 5.52 Å². The zero-order valence-corrected chi connectivity index (χ0v) is 16.8. The minimum absolute atomic E-state index is 0.00119. The summed E-state index contributed by atoms with van der Waals surface area (Å²) in [6.45, 7) is 0.639. The summed E-state index contributed by atoms with van der Waals surface area (Å²) in [7, 11) is 0. The van der Waals surface area contributed by atoms with E-state index < -0.39 is 4.92 Å². The van der Waals surface area contributed by atoms with Crippen molar-refractivity contribution in [2.45, 2.75) is 6.54 Å². The van der Waals surface area contributed by atoms with Crippen molar-refractivity contribution < 1.29 is 4.92 Å². The van der Waals surface area contributed by atoms with E-state index in [0.29, 0.717) is 23.3 Å². The Balaban J connectivity index is 1.49. The molecule has 0 bridgehead atoms. The average Bonchev–Trinajstić information content (AvgIpc) is 3.13. The second-order valence-corrected chi connectivity index (χ2v) is 7.12. The van der Waals surface area contributed by atoms with Crippen molar-refractivity contribution in [3.8, 4) is 0 Å². The molecule has 0 atom stereocenters. The molecule has 2 aromatic heterocycles. The van der Waals surface area contributed by atoms with Gasteiger partial charge in [-0.15, -0.1) is 10.2 Å². The molecule has 0 aliphatic carbocycles. The maximum absolute atomic E-state index is 10.9. The van der Waals surface area contributed by atoms with Crippen LogP contribution in [-0.4, -0.2) is 30.9 Å². The Bertz CT molecular complexity index is 1460. The van der Waals surface area contributed by atoms with Gasteiger partial charge in [-0.25, -0.2) is 5.43 Å². The Morgan fingerprint density at radius 1 is 1.00 bits per heavy atom. The first-order chi connectivity index (χ1) is 15.7. The second kappa shape index (κ2) is 8.23. The lowest BCUT2D eigenvalue weighted by Crippen LogP contribution is -2.04. The molecule has 0 aliphatic rings. The summed E-state index contributed by atoms with van der Waals surface area (Å²) in [5.41, 5.74) is 6.92. The number of benzene rings is 3. The highest BCUT2D eigenvalue weighted by Gasteiger charge is 2.14. The summed E-state index contributed by atoms with van der Waals surface area (Å²) in [6, 6.07) is 24.3. The van der Waals surface area contributed by atoms with Crippen LogP contribution >= 0.6 is 0 Å². The van der Waals surface area contributed by atoms with Crippen molar-refractivity contribution in [2.75, 3.05) is 5.43 Å². The fraction of sp³-hybridized carbons (Fsp3) is 0.0435. The van der Waals surface area contributed by atoms with Crippen LogP contribution < -0.4 is 5.43 Å². The van der Waals surface area contributed by atoms with Crippen LogP contribution in [-0.2, 0) is 6.54 Å². The van der Waals surface area contributed by atoms with E-state index in [4.69, 9.17) is 0 Å². The fourth-order valence-corrected chi connectivity index (χ4v) is 3.56. The van der Waals surface area contributed by atoms with Gasteiger partial charge in [0.25, 0.3) is 11.6 Å². The molecule has 9 heteroatoms. The Hall–Kier alpha value is -4.66. The van der Waals surface area contributed by atoms with Crippen LogP contribution in [0.4, 0.5) is 11.6 Å². The van der Waals surface area contributed by atoms with Crippen molar-refractivity contribution in [1.29, 1.82) is 0 Å². The van der Waals surface area contributed by atoms with E-state index in [0.717, 1.165) is 16.5 Å². The summed E-state index contributed by atoms with van der Waals surface area (Å²) in [5, 5.41) is 24.5. The number of non-ortho nitro benzene ring substituents is 1. The van der Waals surface area contributed by atoms with Gasteiger partial charge in [0.05, 0.1) is 16.7 Å². The zero-order chi connectivity index (χ0) is 21.9. The summed E-state index contributed by atoms with van der Waals surface area (Å²) in [6.07, 6.45) is 1.47. The maximum atomic E-state index is 10.9. The highest BCUT2D eigenvalue weighted by atomic mass is 16.6. The lowest BCUT2D eigenvalue weighted by molar-refractivity contribution is -0.384. The first kappa shape index (κ1) is 19.3. The Morgan fingerprint density at radius 3 is 2.66 bits per heavy atom. The van der Waals surface area contributed by atoms with E-state index in [2.05, 4.69) is 42.4 Å². The van der Waals surface area contributed by atoms with Crippen LogP contribution in [0.3, 0.4) is 0 Å². The van der Waals surface area contributed by atoms with Gasteiger partial charge in [0.15, 0.2) is 5.65 Å². The summed E-state index contributed by atoms with van der Waals surface area (Å²) >= 11 is 0. The van der Waals surface area contributed by atoms with Crippen molar-refractivity contribution in [1.82, 2.24) is 19.7 Å². The highest BCUT2D eigenvalue weighted by Crippen LogP contribution is 2.27. The topological polar surface area (TPSA) is 111 Å². The number of fused-ring (bicyclic) bond motifs is 3. The van der Waals surface area contributed by atoms with Gasteiger partial charge in [-0.3, -0.25) is 10.1 Å². The van der Waals surface area contributed by atoms with Crippen LogP contribution in [0.2, 0.25) is 0 Å². The summed E-state index contributed by atoms with van der Waals surface area (Å²) < 4.78 is 2.10. The highest BCUT2D eigenvalue weighted by molar-refractivity contribution is 6.04. The zero-order valence-electron chi connectivity index (χ0n) is 16.8. The molecule has 0 aliphatic heterocycles. The van der Waals surface area contributed by atoms with Crippen LogP contribution in [0, 0.1) is 10.1 Å². The first-order valence-corrected chi connectivity index (χ1v) is 9.88. The molecule has 0 fully saturated rings. The Kier molecular flexibility index (Phi) is 4.97. The van der Waals surface area contributed by atoms with Gasteiger partial charge in [-0.2, -0.15) is 10.1 Å². The quantitative estimate of drug-likeness (QED) is 0.246. The predicted molar refractivity (Wildman–Crippen MR) is 123 cm³/mol. The molecule has 0 radical (unpaired) electrons. The van der Waals surface area contributed by atoms with Gasteiger partial charge in [-0.1, -0.05) is 60.7 Å². The molecule has 0 saturated heterocycles. The SMILES string of the molecule is O=[N+]([O-])c1cccc(/C=N/Nc2nnc3c4ccccc4n(Cc4ccccc4)c3n2)c1. The number of nitrogens with zero attached hydrogens (tertiary/aromatic N) is 6. The van der Waals surface area contributed by atoms with Crippen LogP contribution in [0.5, 0.6) is 0 Å². The summed E-state index contributed by atoms with van der Waals surface area (Å²) in [5.74, 6) is 0.233. The standard InChI is InChI=1S/C23H17N7O2/c31-30(32)18-10-6-9-17(13-18)14-24-27-23-25-22-21(26-28-23)19-11-4-5-12-20(19)29(22)15-16-7-2-1-3-8-16/h1-14H,15H2,(H,25,27,28)/b24-14+. The number of hydrogen-bond donors (Lipinski definition) is 1. The third-order valence-corrected chi connectivity index (χ3v) is 5.02. The molecule has 0 unspecified atom stereocenters. The number of anilines is 1. The number of hydrazone groups is 1. The van der Waals surface area contributed by atoms with Crippen molar-refractivity contribution in [3.63, 3.8) is 0 Å². The Morgan fingerprint density at radius 2 is 1.81 bits per heavy atom. The smallest absolute Gasteiger partial charge is 0.270 e. The Labute approximate surface area is 182 Å². The van der Waals surface area contributed by atoms with E-state index in [1.165, 1.54) is 18.3 Å². The van der Waals surface area contributed by atoms with Crippen LogP contribution in [0.15, 0.2) is 84.0 Å². The van der Waals surface area contributed by atoms with E-state index in [-0.39, 0.29) is 11.6 Å². The molecule has 5 rings (SSSR count). The third-order valence-electron chi connectivity index (χ3n) is 5.02. The number of nitro groups is 1. The number of nitro benzene ring substituents is 1. The number of rotatable bonds is 6. The summed E-state index contributed by atoms with van der Waals surface area (Å²) in [4.78, 5) is 15.1. The van der Waals surface area contributed by atoms with Crippen LogP contribution in [0.1, 0.15) is 11.1 Å². The molecule has 1 N–H and O–H groups in total. The molecule has 0 amide bonds. The van der Waals surface area contributed by atoms with Crippen molar-refractivity contribution in [3.05, 3.63) is 100 Å². The molecule has 156 valence electrons. The molecule has 2 heterocycles. The average molecular weight is 423 g/mol. The normalized spacial score (nSPS) is 11.4. The molecule has 5 aromatic rings. The monoisotopic (exact) mass is 423 g/mol. The minimum atomic E-state index is -0.447. The van der Waals surface area contributed by atoms with E-state index in [1.807, 2.05) is 42.5 Å². The van der Waals surface area contributed by atoms with Gasteiger partial charge >= 0.3 is 0 Å². The lowest BCUT2D eigenvalue weighted by atomic mass is 10.2. The number of nitrogens with one attached hydrogen (secondary N) is 1. The molecule has 0 spiro atoms. The largest absolute Gasteiger partial charge is 0.319 e. The van der Waals surface area contributed by atoms with Gasteiger partial charge < -0.3 is 4.57 Å². The maximum Gasteiger partial charge on any atom is 0.270 e. The van der Waals surface area contributed by atoms with Gasteiger partial charge in [0, 0.05) is 29.6 Å². The molecule has 9 nitrogen and oxygen atoms in total. The van der Waals surface area contributed by atoms with Gasteiger partial charge in [0.2, 0.25) is 0 Å². The molecular weight excluding hydrogens is 406 g/mol. The molecule has 0 saturated carbocycles. The van der Waals surface area contributed by atoms with Gasteiger partial charge in [-0.05, 0) is 11.6 Å². The number of hydrogen-bond acceptors (Lipinski definition) is 7. The number of aromatic nitrogens is 4.